The lowest BCUT2D eigenvalue weighted by molar-refractivity contribution is -0.128. The molecule has 1 aromatic carbocycles. The van der Waals surface area contributed by atoms with Crippen molar-refractivity contribution in [1.82, 2.24) is 10.3 Å². The van der Waals surface area contributed by atoms with Crippen LogP contribution in [-0.4, -0.2) is 10.9 Å². The minimum atomic E-state index is -0.364. The molecule has 1 aromatic heterocycles. The lowest BCUT2D eigenvalue weighted by Crippen LogP contribution is -2.34. The number of nitrogens with one attached hydrogen (secondary N) is 1. The summed E-state index contributed by atoms with van der Waals surface area (Å²) in [7, 11) is 0. The van der Waals surface area contributed by atoms with Crippen molar-refractivity contribution in [2.75, 3.05) is 0 Å². The van der Waals surface area contributed by atoms with Gasteiger partial charge in [0.25, 0.3) is 0 Å². The summed E-state index contributed by atoms with van der Waals surface area (Å²) in [4.78, 5) is 16.3. The normalized spacial score (nSPS) is 11.5. The first-order chi connectivity index (χ1) is 8.47. The van der Waals surface area contributed by atoms with E-state index in [9.17, 15) is 4.79 Å². The van der Waals surface area contributed by atoms with Crippen molar-refractivity contribution in [3.05, 3.63) is 42.1 Å². The molecule has 0 saturated carbocycles. The van der Waals surface area contributed by atoms with E-state index in [1.807, 2.05) is 57.2 Å². The van der Waals surface area contributed by atoms with Gasteiger partial charge in [-0.2, -0.15) is 0 Å². The fourth-order valence-electron chi connectivity index (χ4n) is 1.64. The topological polar surface area (TPSA) is 42.0 Å². The summed E-state index contributed by atoms with van der Waals surface area (Å²) in [6.07, 6.45) is 0. The van der Waals surface area contributed by atoms with Crippen LogP contribution >= 0.6 is 0 Å². The van der Waals surface area contributed by atoms with E-state index in [1.165, 1.54) is 0 Å². The number of carbonyl (C=O) groups is 1. The molecule has 0 saturated heterocycles. The van der Waals surface area contributed by atoms with Gasteiger partial charge in [0.05, 0.1) is 17.8 Å². The molecule has 1 amide bonds. The molecule has 2 rings (SSSR count). The van der Waals surface area contributed by atoms with Crippen molar-refractivity contribution < 1.29 is 4.79 Å². The van der Waals surface area contributed by atoms with Crippen LogP contribution in [0.1, 0.15) is 26.5 Å². The number of hydrogen-bond acceptors (Lipinski definition) is 2. The second kappa shape index (κ2) is 4.77. The summed E-state index contributed by atoms with van der Waals surface area (Å²) >= 11 is 0. The van der Waals surface area contributed by atoms with Crippen molar-refractivity contribution in [3.8, 4) is 0 Å². The summed E-state index contributed by atoms with van der Waals surface area (Å²) < 4.78 is 0. The van der Waals surface area contributed by atoms with Crippen LogP contribution in [0, 0.1) is 5.41 Å². The number of para-hydroxylation sites is 1. The molecule has 0 unspecified atom stereocenters. The highest BCUT2D eigenvalue weighted by Gasteiger charge is 2.20. The Morgan fingerprint density at radius 2 is 1.89 bits per heavy atom. The van der Waals surface area contributed by atoms with Gasteiger partial charge in [-0.3, -0.25) is 9.78 Å². The van der Waals surface area contributed by atoms with Crippen LogP contribution in [0.3, 0.4) is 0 Å². The number of benzene rings is 1. The number of rotatable bonds is 2. The Hall–Kier alpha value is -1.90. The molecule has 0 atom stereocenters. The average Bonchev–Trinajstić information content (AvgIpc) is 2.34. The largest absolute Gasteiger partial charge is 0.350 e. The molecule has 18 heavy (non-hydrogen) atoms. The maximum Gasteiger partial charge on any atom is 0.225 e. The van der Waals surface area contributed by atoms with Gasteiger partial charge in [0.2, 0.25) is 5.91 Å². The van der Waals surface area contributed by atoms with Gasteiger partial charge in [-0.25, -0.2) is 0 Å². The van der Waals surface area contributed by atoms with Crippen LogP contribution in [0.4, 0.5) is 0 Å². The van der Waals surface area contributed by atoms with Crippen molar-refractivity contribution in [2.45, 2.75) is 27.3 Å². The van der Waals surface area contributed by atoms with Gasteiger partial charge >= 0.3 is 0 Å². The first-order valence-electron chi connectivity index (χ1n) is 6.10. The lowest BCUT2D eigenvalue weighted by Gasteiger charge is -2.17. The van der Waals surface area contributed by atoms with Crippen molar-refractivity contribution >= 4 is 16.8 Å². The zero-order chi connectivity index (χ0) is 13.2. The third-order valence-electron chi connectivity index (χ3n) is 2.77. The molecule has 0 aliphatic heterocycles. The molecule has 94 valence electrons. The Labute approximate surface area is 107 Å². The van der Waals surface area contributed by atoms with Crippen LogP contribution in [0.5, 0.6) is 0 Å². The number of carbonyl (C=O) groups excluding carboxylic acids is 1. The Kier molecular flexibility index (Phi) is 3.32. The zero-order valence-corrected chi connectivity index (χ0v) is 11.0. The van der Waals surface area contributed by atoms with E-state index in [0.717, 1.165) is 16.6 Å². The van der Waals surface area contributed by atoms with Crippen LogP contribution < -0.4 is 5.32 Å². The van der Waals surface area contributed by atoms with E-state index in [0.29, 0.717) is 6.54 Å². The van der Waals surface area contributed by atoms with Gasteiger partial charge in [0.1, 0.15) is 0 Å². The fraction of sp³-hybridized carbons (Fsp3) is 0.333. The summed E-state index contributed by atoms with van der Waals surface area (Å²) in [5.41, 5.74) is 1.47. The number of nitrogens with zero attached hydrogens (tertiary/aromatic N) is 1. The number of pyridine rings is 1. The molecule has 2 aromatic rings. The highest BCUT2D eigenvalue weighted by molar-refractivity contribution is 5.81. The van der Waals surface area contributed by atoms with Gasteiger partial charge in [-0.15, -0.1) is 0 Å². The maximum atomic E-state index is 11.8. The Balaban J connectivity index is 2.11. The molecule has 1 heterocycles. The van der Waals surface area contributed by atoms with E-state index in [4.69, 9.17) is 0 Å². The Morgan fingerprint density at radius 1 is 1.17 bits per heavy atom. The highest BCUT2D eigenvalue weighted by Crippen LogP contribution is 2.14. The molecular weight excluding hydrogens is 224 g/mol. The molecule has 0 bridgehead atoms. The molecule has 0 spiro atoms. The molecule has 3 nitrogen and oxygen atoms in total. The smallest absolute Gasteiger partial charge is 0.225 e. The third kappa shape index (κ3) is 2.86. The van der Waals surface area contributed by atoms with Crippen LogP contribution in [0.25, 0.3) is 10.9 Å². The fourth-order valence-corrected chi connectivity index (χ4v) is 1.64. The standard InChI is InChI=1S/C15H18N2O/c1-15(2,3)14(18)16-10-12-9-8-11-6-4-5-7-13(11)17-12/h4-9H,10H2,1-3H3,(H,16,18). The van der Waals surface area contributed by atoms with Crippen LogP contribution in [-0.2, 0) is 11.3 Å². The number of amides is 1. The van der Waals surface area contributed by atoms with Gasteiger partial charge < -0.3 is 5.32 Å². The minimum absolute atomic E-state index is 0.0393. The van der Waals surface area contributed by atoms with Crippen molar-refractivity contribution in [1.29, 1.82) is 0 Å². The van der Waals surface area contributed by atoms with E-state index < -0.39 is 0 Å². The third-order valence-corrected chi connectivity index (χ3v) is 2.77. The average molecular weight is 242 g/mol. The van der Waals surface area contributed by atoms with E-state index in [-0.39, 0.29) is 11.3 Å². The molecule has 1 N–H and O–H groups in total. The minimum Gasteiger partial charge on any atom is -0.350 e. The van der Waals surface area contributed by atoms with Gasteiger partial charge in [0.15, 0.2) is 0 Å². The second-order valence-corrected chi connectivity index (χ2v) is 5.43. The first kappa shape index (κ1) is 12.6. The van der Waals surface area contributed by atoms with Crippen molar-refractivity contribution in [2.24, 2.45) is 5.41 Å². The predicted octanol–water partition coefficient (Wildman–Crippen LogP) is 2.90. The molecule has 0 aliphatic carbocycles. The molecule has 3 heteroatoms. The Morgan fingerprint density at radius 3 is 2.61 bits per heavy atom. The molecule has 0 radical (unpaired) electrons. The van der Waals surface area contributed by atoms with E-state index in [1.54, 1.807) is 0 Å². The van der Waals surface area contributed by atoms with E-state index >= 15 is 0 Å². The Bertz CT molecular complexity index is 570. The second-order valence-electron chi connectivity index (χ2n) is 5.43. The van der Waals surface area contributed by atoms with Gasteiger partial charge in [0, 0.05) is 10.8 Å². The lowest BCUT2D eigenvalue weighted by atomic mass is 9.96. The SMILES string of the molecule is CC(C)(C)C(=O)NCc1ccc2ccccc2n1. The quantitative estimate of drug-likeness (QED) is 0.879. The number of aromatic nitrogens is 1. The molecule has 0 aliphatic rings. The first-order valence-corrected chi connectivity index (χ1v) is 6.10. The van der Waals surface area contributed by atoms with Gasteiger partial charge in [-0.1, -0.05) is 45.0 Å². The number of hydrogen-bond donors (Lipinski definition) is 1. The highest BCUT2D eigenvalue weighted by atomic mass is 16.2. The van der Waals surface area contributed by atoms with Crippen LogP contribution in [0.15, 0.2) is 36.4 Å². The molecule has 0 fully saturated rings. The zero-order valence-electron chi connectivity index (χ0n) is 11.0. The molecular formula is C15H18N2O. The summed E-state index contributed by atoms with van der Waals surface area (Å²) in [6.45, 7) is 6.17. The summed E-state index contributed by atoms with van der Waals surface area (Å²) in [5.74, 6) is 0.0393. The summed E-state index contributed by atoms with van der Waals surface area (Å²) in [5, 5.41) is 4.02. The summed E-state index contributed by atoms with van der Waals surface area (Å²) in [6, 6.07) is 11.9. The van der Waals surface area contributed by atoms with E-state index in [2.05, 4.69) is 10.3 Å². The van der Waals surface area contributed by atoms with Crippen LogP contribution in [0.2, 0.25) is 0 Å². The maximum absolute atomic E-state index is 11.8. The number of fused-ring (bicyclic) bond motifs is 1. The monoisotopic (exact) mass is 242 g/mol. The van der Waals surface area contributed by atoms with Crippen molar-refractivity contribution in [3.63, 3.8) is 0 Å². The predicted molar refractivity (Wildman–Crippen MR) is 73.0 cm³/mol. The van der Waals surface area contributed by atoms with Gasteiger partial charge in [-0.05, 0) is 12.1 Å².